The van der Waals surface area contributed by atoms with Gasteiger partial charge < -0.3 is 22.5 Å². The minimum atomic E-state index is -0.443. The van der Waals surface area contributed by atoms with Crippen LogP contribution in [0.4, 0.5) is 0 Å². The molecule has 0 atom stereocenters. The van der Waals surface area contributed by atoms with Crippen LogP contribution in [0.3, 0.4) is 0 Å². The van der Waals surface area contributed by atoms with Gasteiger partial charge >= 0.3 is 7.12 Å². The van der Waals surface area contributed by atoms with Crippen LogP contribution < -0.4 is 5.46 Å². The average Bonchev–Trinajstić information content (AvgIpc) is 3.69. The molecule has 6 heteroatoms. The van der Waals surface area contributed by atoms with Crippen molar-refractivity contribution in [1.82, 2.24) is 8.80 Å². The Balaban J connectivity index is 1.39. The largest absolute Gasteiger partial charge is 0.494 e. The van der Waals surface area contributed by atoms with E-state index in [0.717, 1.165) is 32.8 Å². The van der Waals surface area contributed by atoms with Crippen molar-refractivity contribution >= 4 is 89.2 Å². The maximum atomic E-state index is 6.81. The fourth-order valence-electron chi connectivity index (χ4n) is 7.36. The molecule has 0 radical (unpaired) electrons. The number of fused-ring (bicyclic) bond motifs is 12. The van der Waals surface area contributed by atoms with Crippen LogP contribution in [0.25, 0.3) is 76.6 Å². The fraction of sp³-hybridized carbons (Fsp3) is 0.167. The van der Waals surface area contributed by atoms with E-state index in [9.17, 15) is 0 Å². The van der Waals surface area contributed by atoms with Crippen molar-refractivity contribution in [2.75, 3.05) is 0 Å². The Hall–Kier alpha value is -4.52. The highest BCUT2D eigenvalue weighted by atomic mass is 16.7. The molecule has 1 aliphatic heterocycles. The number of nitrogens with zero attached hydrogens (tertiary/aromatic N) is 2. The monoisotopic (exact) mass is 546 g/mol. The van der Waals surface area contributed by atoms with Crippen LogP contribution in [-0.4, -0.2) is 27.1 Å². The Labute approximate surface area is 241 Å². The smallest absolute Gasteiger partial charge is 0.455 e. The van der Waals surface area contributed by atoms with E-state index in [2.05, 4.69) is 127 Å². The van der Waals surface area contributed by atoms with Gasteiger partial charge in [0.15, 0.2) is 0 Å². The van der Waals surface area contributed by atoms with E-state index in [0.29, 0.717) is 0 Å². The Kier molecular flexibility index (Phi) is 4.00. The molecule has 1 fully saturated rings. The zero-order valence-electron chi connectivity index (χ0n) is 23.9. The van der Waals surface area contributed by atoms with Crippen LogP contribution in [-0.2, 0) is 9.31 Å². The van der Waals surface area contributed by atoms with Crippen LogP contribution >= 0.6 is 0 Å². The summed E-state index contributed by atoms with van der Waals surface area (Å²) in [6.07, 6.45) is 0. The summed E-state index contributed by atoms with van der Waals surface area (Å²) >= 11 is 0. The van der Waals surface area contributed by atoms with Gasteiger partial charge in [0.2, 0.25) is 0 Å². The van der Waals surface area contributed by atoms with Crippen molar-refractivity contribution in [3.8, 4) is 0 Å². The zero-order valence-corrected chi connectivity index (χ0v) is 23.9. The van der Waals surface area contributed by atoms with Crippen LogP contribution in [0.1, 0.15) is 27.7 Å². The second-order valence-corrected chi connectivity index (χ2v) is 12.8. The average molecular weight is 546 g/mol. The van der Waals surface area contributed by atoms with E-state index in [1.165, 1.54) is 49.3 Å². The summed E-state index contributed by atoms with van der Waals surface area (Å²) in [5, 5.41) is 7.07. The Morgan fingerprint density at radius 2 is 1.19 bits per heavy atom. The molecular formula is C36H27BN2O3. The number of hydrogen-bond acceptors (Lipinski definition) is 3. The number of hydrogen-bond donors (Lipinski definition) is 0. The molecular weight excluding hydrogens is 519 g/mol. The van der Waals surface area contributed by atoms with Crippen LogP contribution in [0, 0.1) is 0 Å². The molecule has 5 heterocycles. The standard InChI is InChI=1S/C36H27BN2O3/c1-35(2)36(3,4)42-37(41-35)20-16-17-22-25-19-29-33-31(34(25)40-30(22)18-20)24-11-6-8-14-27(24)38(33)28-15-9-12-23-21-10-5-7-13-26(21)39(29)32(23)28/h5-19H,1-4H3. The van der Waals surface area contributed by atoms with Gasteiger partial charge in [-0.25, -0.2) is 0 Å². The molecule has 0 spiro atoms. The maximum Gasteiger partial charge on any atom is 0.494 e. The van der Waals surface area contributed by atoms with Crippen molar-refractivity contribution in [2.24, 2.45) is 0 Å². The summed E-state index contributed by atoms with van der Waals surface area (Å²) in [4.78, 5) is 0. The Morgan fingerprint density at radius 3 is 1.98 bits per heavy atom. The van der Waals surface area contributed by atoms with E-state index in [1.54, 1.807) is 0 Å². The normalized spacial score (nSPS) is 17.2. The quantitative estimate of drug-likeness (QED) is 0.153. The molecule has 5 aromatic carbocycles. The van der Waals surface area contributed by atoms with E-state index in [-0.39, 0.29) is 0 Å². The number of rotatable bonds is 1. The molecule has 0 amide bonds. The minimum Gasteiger partial charge on any atom is -0.455 e. The highest BCUT2D eigenvalue weighted by Gasteiger charge is 2.51. The van der Waals surface area contributed by atoms with Crippen molar-refractivity contribution < 1.29 is 13.7 Å². The zero-order chi connectivity index (χ0) is 28.1. The lowest BCUT2D eigenvalue weighted by molar-refractivity contribution is 0.00578. The molecule has 0 unspecified atom stereocenters. The van der Waals surface area contributed by atoms with Crippen molar-refractivity contribution in [3.63, 3.8) is 0 Å². The molecule has 0 saturated carbocycles. The molecule has 0 aliphatic carbocycles. The van der Waals surface area contributed by atoms with Crippen molar-refractivity contribution in [1.29, 1.82) is 0 Å². The number of aromatic nitrogens is 2. The third-order valence-corrected chi connectivity index (χ3v) is 10.1. The molecule has 1 aliphatic rings. The lowest BCUT2D eigenvalue weighted by Gasteiger charge is -2.32. The minimum absolute atomic E-state index is 0.404. The molecule has 9 aromatic rings. The van der Waals surface area contributed by atoms with E-state index in [1.807, 2.05) is 0 Å². The van der Waals surface area contributed by atoms with Gasteiger partial charge in [-0.3, -0.25) is 0 Å². The van der Waals surface area contributed by atoms with Gasteiger partial charge in [0, 0.05) is 26.9 Å². The van der Waals surface area contributed by atoms with Gasteiger partial charge in [-0.15, -0.1) is 0 Å². The summed E-state index contributed by atoms with van der Waals surface area (Å²) in [7, 11) is -0.443. The first-order valence-corrected chi connectivity index (χ1v) is 14.6. The van der Waals surface area contributed by atoms with E-state index >= 15 is 0 Å². The van der Waals surface area contributed by atoms with Crippen molar-refractivity contribution in [3.05, 3.63) is 91.0 Å². The summed E-state index contributed by atoms with van der Waals surface area (Å²) < 4.78 is 24.5. The van der Waals surface area contributed by atoms with Gasteiger partial charge in [0.25, 0.3) is 0 Å². The molecule has 10 rings (SSSR count). The summed E-state index contributed by atoms with van der Waals surface area (Å²) in [5.74, 6) is 0. The molecule has 1 saturated heterocycles. The fourth-order valence-corrected chi connectivity index (χ4v) is 7.36. The maximum absolute atomic E-state index is 6.81. The van der Waals surface area contributed by atoms with Gasteiger partial charge in [-0.05, 0) is 63.5 Å². The lowest BCUT2D eigenvalue weighted by atomic mass is 9.79. The topological polar surface area (TPSA) is 40.4 Å². The van der Waals surface area contributed by atoms with E-state index in [4.69, 9.17) is 13.7 Å². The van der Waals surface area contributed by atoms with E-state index < -0.39 is 18.3 Å². The molecule has 4 aromatic heterocycles. The van der Waals surface area contributed by atoms with Gasteiger partial charge in [0.05, 0.1) is 49.7 Å². The number of para-hydroxylation sites is 3. The van der Waals surface area contributed by atoms with Crippen LogP contribution in [0.15, 0.2) is 95.4 Å². The van der Waals surface area contributed by atoms with Gasteiger partial charge in [0.1, 0.15) is 11.2 Å². The summed E-state index contributed by atoms with van der Waals surface area (Å²) in [5.41, 5.74) is 9.10. The molecule has 0 bridgehead atoms. The first-order valence-electron chi connectivity index (χ1n) is 14.6. The predicted molar refractivity (Wildman–Crippen MR) is 173 cm³/mol. The van der Waals surface area contributed by atoms with Gasteiger partial charge in [-0.1, -0.05) is 60.7 Å². The second kappa shape index (κ2) is 7.27. The molecule has 42 heavy (non-hydrogen) atoms. The Bertz CT molecular complexity index is 2580. The SMILES string of the molecule is CC1(C)OB(c2ccc3c(c2)oc2c3cc3c4c2c2ccccc2n4c2cccc4c5ccccc5n3c42)OC1(C)C. The molecule has 0 N–H and O–H groups in total. The second-order valence-electron chi connectivity index (χ2n) is 12.8. The number of furan rings is 1. The third-order valence-electron chi connectivity index (χ3n) is 10.1. The molecule has 202 valence electrons. The van der Waals surface area contributed by atoms with Crippen molar-refractivity contribution in [2.45, 2.75) is 38.9 Å². The Morgan fingerprint density at radius 1 is 0.548 bits per heavy atom. The number of benzene rings is 5. The van der Waals surface area contributed by atoms with Gasteiger partial charge in [-0.2, -0.15) is 0 Å². The first-order chi connectivity index (χ1) is 20.3. The lowest BCUT2D eigenvalue weighted by Crippen LogP contribution is -2.41. The summed E-state index contributed by atoms with van der Waals surface area (Å²) in [6, 6.07) is 32.8. The van der Waals surface area contributed by atoms with Crippen LogP contribution in [0.5, 0.6) is 0 Å². The van der Waals surface area contributed by atoms with Crippen LogP contribution in [0.2, 0.25) is 0 Å². The highest BCUT2D eigenvalue weighted by Crippen LogP contribution is 2.45. The third kappa shape index (κ3) is 2.60. The first kappa shape index (κ1) is 23.1. The molecule has 5 nitrogen and oxygen atoms in total. The predicted octanol–water partition coefficient (Wildman–Crippen LogP) is 8.44. The highest BCUT2D eigenvalue weighted by molar-refractivity contribution is 6.62. The summed E-state index contributed by atoms with van der Waals surface area (Å²) in [6.45, 7) is 8.34.